The lowest BCUT2D eigenvalue weighted by molar-refractivity contribution is -0.833. The second-order valence-electron chi connectivity index (χ2n) is 5.36. The maximum absolute atomic E-state index is 12.4. The van der Waals surface area contributed by atoms with Crippen LogP contribution in [0.1, 0.15) is 23.4 Å². The summed E-state index contributed by atoms with van der Waals surface area (Å²) in [5.74, 6) is 0.680. The Hall–Kier alpha value is -2.51. The van der Waals surface area contributed by atoms with Gasteiger partial charge >= 0.3 is 5.88 Å². The van der Waals surface area contributed by atoms with Gasteiger partial charge in [0.15, 0.2) is 5.76 Å². The van der Waals surface area contributed by atoms with Crippen molar-refractivity contribution < 1.29 is 24.6 Å². The number of rotatable bonds is 5. The Balaban J connectivity index is 1.85. The number of furan rings is 1. The van der Waals surface area contributed by atoms with Crippen LogP contribution in [0.25, 0.3) is 0 Å². The fraction of sp³-hybridized carbons (Fsp3) is 0.312. The predicted molar refractivity (Wildman–Crippen MR) is 84.5 cm³/mol. The van der Waals surface area contributed by atoms with Crippen molar-refractivity contribution in [2.24, 2.45) is 0 Å². The van der Waals surface area contributed by atoms with E-state index in [2.05, 4.69) is 10.2 Å². The third-order valence-electron chi connectivity index (χ3n) is 3.88. The van der Waals surface area contributed by atoms with Crippen LogP contribution in [0.3, 0.4) is 0 Å². The molecule has 1 fully saturated rings. The molecule has 4 N–H and O–H groups in total. The van der Waals surface area contributed by atoms with E-state index in [1.54, 1.807) is 13.2 Å². The number of nitrogens with one attached hydrogen (secondary N) is 1. The van der Waals surface area contributed by atoms with Crippen molar-refractivity contribution in [1.29, 1.82) is 0 Å². The van der Waals surface area contributed by atoms with E-state index in [0.29, 0.717) is 11.4 Å². The molecule has 1 saturated heterocycles. The SMILES string of the molecule is COc1ccc(N2CCCC2)c(NC(=O)c2ccc([NH2+]O)o2)c1. The molecule has 1 aromatic carbocycles. The maximum atomic E-state index is 12.4. The monoisotopic (exact) mass is 318 g/mol. The van der Waals surface area contributed by atoms with Crippen molar-refractivity contribution in [3.8, 4) is 5.75 Å². The Morgan fingerprint density at radius 1 is 1.30 bits per heavy atom. The average molecular weight is 318 g/mol. The quantitative estimate of drug-likeness (QED) is 0.730. The van der Waals surface area contributed by atoms with E-state index < -0.39 is 0 Å². The van der Waals surface area contributed by atoms with Gasteiger partial charge in [0.1, 0.15) is 5.75 Å². The molecule has 122 valence electrons. The van der Waals surface area contributed by atoms with E-state index in [1.807, 2.05) is 12.1 Å². The lowest BCUT2D eigenvalue weighted by Crippen LogP contribution is -2.73. The number of ether oxygens (including phenoxy) is 1. The van der Waals surface area contributed by atoms with E-state index in [1.165, 1.54) is 12.1 Å². The Morgan fingerprint density at radius 2 is 2.09 bits per heavy atom. The zero-order valence-electron chi connectivity index (χ0n) is 12.9. The number of hydrogen-bond donors (Lipinski definition) is 3. The Bertz CT molecular complexity index is 692. The number of nitrogens with zero attached hydrogens (tertiary/aromatic N) is 1. The van der Waals surface area contributed by atoms with Crippen molar-refractivity contribution in [2.75, 3.05) is 30.4 Å². The second kappa shape index (κ2) is 6.72. The van der Waals surface area contributed by atoms with E-state index >= 15 is 0 Å². The van der Waals surface area contributed by atoms with Crippen LogP contribution in [-0.2, 0) is 0 Å². The summed E-state index contributed by atoms with van der Waals surface area (Å²) < 4.78 is 10.5. The smallest absolute Gasteiger partial charge is 0.326 e. The van der Waals surface area contributed by atoms with E-state index in [-0.39, 0.29) is 17.6 Å². The molecule has 0 aliphatic carbocycles. The number of quaternary nitrogens is 1. The topological polar surface area (TPSA) is 91.5 Å². The highest BCUT2D eigenvalue weighted by molar-refractivity contribution is 6.04. The second-order valence-corrected chi connectivity index (χ2v) is 5.36. The molecule has 23 heavy (non-hydrogen) atoms. The molecular formula is C16H20N3O4+. The highest BCUT2D eigenvalue weighted by Gasteiger charge is 2.20. The van der Waals surface area contributed by atoms with Crippen molar-refractivity contribution in [3.63, 3.8) is 0 Å². The largest absolute Gasteiger partial charge is 0.497 e. The molecule has 3 rings (SSSR count). The van der Waals surface area contributed by atoms with E-state index in [4.69, 9.17) is 14.4 Å². The van der Waals surface area contributed by atoms with Crippen LogP contribution in [0.4, 0.5) is 17.3 Å². The molecule has 0 atom stereocenters. The number of benzene rings is 1. The molecule has 1 aliphatic rings. The molecule has 1 aromatic heterocycles. The minimum Gasteiger partial charge on any atom is -0.497 e. The fourth-order valence-electron chi connectivity index (χ4n) is 2.70. The summed E-state index contributed by atoms with van der Waals surface area (Å²) in [5.41, 5.74) is 2.47. The zero-order chi connectivity index (χ0) is 16.2. The molecule has 2 aromatic rings. The van der Waals surface area contributed by atoms with Crippen LogP contribution in [0.2, 0.25) is 0 Å². The van der Waals surface area contributed by atoms with Gasteiger partial charge in [0.2, 0.25) is 0 Å². The normalized spacial score (nSPS) is 14.1. The lowest BCUT2D eigenvalue weighted by atomic mass is 10.2. The third-order valence-corrected chi connectivity index (χ3v) is 3.88. The van der Waals surface area contributed by atoms with E-state index in [9.17, 15) is 4.79 Å². The van der Waals surface area contributed by atoms with Gasteiger partial charge in [-0.1, -0.05) is 0 Å². The minimum atomic E-state index is -0.369. The molecule has 0 spiro atoms. The molecule has 0 unspecified atom stereocenters. The molecule has 0 saturated carbocycles. The Morgan fingerprint density at radius 3 is 2.74 bits per heavy atom. The zero-order valence-corrected chi connectivity index (χ0v) is 12.9. The van der Waals surface area contributed by atoms with Crippen LogP contribution < -0.4 is 20.4 Å². The number of carbonyl (C=O) groups is 1. The first-order valence-corrected chi connectivity index (χ1v) is 7.53. The fourth-order valence-corrected chi connectivity index (χ4v) is 2.70. The van der Waals surface area contributed by atoms with Crippen molar-refractivity contribution in [3.05, 3.63) is 36.1 Å². The first-order chi connectivity index (χ1) is 11.2. The van der Waals surface area contributed by atoms with Crippen molar-refractivity contribution in [2.45, 2.75) is 12.8 Å². The molecule has 0 bridgehead atoms. The third kappa shape index (κ3) is 3.30. The first-order valence-electron chi connectivity index (χ1n) is 7.53. The van der Waals surface area contributed by atoms with Gasteiger partial charge in [-0.2, -0.15) is 0 Å². The van der Waals surface area contributed by atoms with Crippen LogP contribution in [-0.4, -0.2) is 31.3 Å². The molecule has 1 amide bonds. The minimum absolute atomic E-state index is 0.139. The van der Waals surface area contributed by atoms with Gasteiger partial charge in [-0.25, -0.2) is 5.21 Å². The van der Waals surface area contributed by atoms with Crippen molar-refractivity contribution >= 4 is 23.2 Å². The number of hydrogen-bond acceptors (Lipinski definition) is 5. The van der Waals surface area contributed by atoms with Crippen LogP contribution in [0, 0.1) is 0 Å². The predicted octanol–water partition coefficient (Wildman–Crippen LogP) is 1.72. The van der Waals surface area contributed by atoms with Crippen LogP contribution in [0.15, 0.2) is 34.7 Å². The van der Waals surface area contributed by atoms with Gasteiger partial charge in [-0.15, -0.1) is 5.48 Å². The van der Waals surface area contributed by atoms with Crippen LogP contribution >= 0.6 is 0 Å². The van der Waals surface area contributed by atoms with Crippen LogP contribution in [0.5, 0.6) is 5.75 Å². The molecule has 0 radical (unpaired) electrons. The molecule has 2 heterocycles. The Kier molecular flexibility index (Phi) is 4.50. The molecule has 7 nitrogen and oxygen atoms in total. The molecular weight excluding hydrogens is 298 g/mol. The highest BCUT2D eigenvalue weighted by atomic mass is 16.5. The summed E-state index contributed by atoms with van der Waals surface area (Å²) in [6.45, 7) is 1.94. The summed E-state index contributed by atoms with van der Waals surface area (Å²) in [6, 6.07) is 8.69. The molecule has 7 heteroatoms. The van der Waals surface area contributed by atoms with Gasteiger partial charge in [0, 0.05) is 25.2 Å². The van der Waals surface area contributed by atoms with E-state index in [0.717, 1.165) is 37.1 Å². The number of amides is 1. The standard InChI is InChI=1S/C16H19N3O4/c1-22-11-4-5-13(19-8-2-3-9-19)12(10-11)17-16(20)14-6-7-15(18-21)23-14/h4-7,10,18,21H,2-3,8-9H2,1H3,(H,17,20)/p+1. The average Bonchev–Trinajstić information content (AvgIpc) is 3.26. The van der Waals surface area contributed by atoms with Gasteiger partial charge in [0.05, 0.1) is 18.5 Å². The summed E-state index contributed by atoms with van der Waals surface area (Å²) in [5, 5.41) is 11.8. The number of nitrogens with two attached hydrogens (primary N) is 1. The number of carbonyl (C=O) groups excluding carboxylic acids is 1. The maximum Gasteiger partial charge on any atom is 0.326 e. The van der Waals surface area contributed by atoms with Gasteiger partial charge in [-0.05, 0) is 31.0 Å². The number of anilines is 2. The summed E-state index contributed by atoms with van der Waals surface area (Å²) in [7, 11) is 1.59. The first kappa shape index (κ1) is 15.4. The van der Waals surface area contributed by atoms with Gasteiger partial charge in [0.25, 0.3) is 5.91 Å². The number of methoxy groups -OCH3 is 1. The molecule has 1 aliphatic heterocycles. The summed E-state index contributed by atoms with van der Waals surface area (Å²) >= 11 is 0. The van der Waals surface area contributed by atoms with Gasteiger partial charge in [-0.3, -0.25) is 4.79 Å². The lowest BCUT2D eigenvalue weighted by Gasteiger charge is -2.22. The summed E-state index contributed by atoms with van der Waals surface area (Å²) in [4.78, 5) is 14.6. The van der Waals surface area contributed by atoms with Gasteiger partial charge < -0.3 is 19.4 Å². The highest BCUT2D eigenvalue weighted by Crippen LogP contribution is 2.32. The van der Waals surface area contributed by atoms with Crippen molar-refractivity contribution in [1.82, 2.24) is 0 Å². The summed E-state index contributed by atoms with van der Waals surface area (Å²) in [6.07, 6.45) is 2.29. The Labute approximate surface area is 133 Å².